The van der Waals surface area contributed by atoms with Crippen molar-refractivity contribution in [3.05, 3.63) is 0 Å². The SMILES string of the molecule is CCCC1(S)OCCC(C)O1. The average Bonchev–Trinajstić information content (AvgIpc) is 1.86. The molecule has 1 aliphatic heterocycles. The summed E-state index contributed by atoms with van der Waals surface area (Å²) in [6.45, 7) is 4.93. The van der Waals surface area contributed by atoms with Crippen LogP contribution in [0.1, 0.15) is 33.1 Å². The van der Waals surface area contributed by atoms with E-state index in [1.54, 1.807) is 0 Å². The topological polar surface area (TPSA) is 18.5 Å². The lowest BCUT2D eigenvalue weighted by Crippen LogP contribution is -2.39. The molecule has 11 heavy (non-hydrogen) atoms. The molecular formula is C8H16O2S. The summed E-state index contributed by atoms with van der Waals surface area (Å²) in [5, 5.41) is -0.605. The number of hydrogen-bond donors (Lipinski definition) is 1. The first-order valence-corrected chi connectivity index (χ1v) is 4.65. The van der Waals surface area contributed by atoms with Gasteiger partial charge in [-0.25, -0.2) is 0 Å². The third-order valence-corrected chi connectivity index (χ3v) is 2.26. The molecule has 0 bridgehead atoms. The molecule has 3 heteroatoms. The fraction of sp³-hybridized carbons (Fsp3) is 1.00. The van der Waals surface area contributed by atoms with Crippen LogP contribution in [0.4, 0.5) is 0 Å². The number of hydrogen-bond acceptors (Lipinski definition) is 3. The number of ether oxygens (including phenoxy) is 2. The van der Waals surface area contributed by atoms with Gasteiger partial charge in [-0.05, 0) is 13.3 Å². The molecule has 66 valence electrons. The molecule has 1 rings (SSSR count). The smallest absolute Gasteiger partial charge is 0.215 e. The lowest BCUT2D eigenvalue weighted by atomic mass is 10.2. The van der Waals surface area contributed by atoms with Crippen molar-refractivity contribution in [2.45, 2.75) is 44.3 Å². The molecular weight excluding hydrogens is 160 g/mol. The van der Waals surface area contributed by atoms with Crippen molar-refractivity contribution < 1.29 is 9.47 Å². The van der Waals surface area contributed by atoms with E-state index in [1.165, 1.54) is 0 Å². The maximum atomic E-state index is 5.56. The fourth-order valence-corrected chi connectivity index (χ4v) is 1.73. The van der Waals surface area contributed by atoms with Crippen molar-refractivity contribution >= 4 is 12.6 Å². The molecule has 0 N–H and O–H groups in total. The molecule has 0 aromatic heterocycles. The Morgan fingerprint density at radius 1 is 1.64 bits per heavy atom. The van der Waals surface area contributed by atoms with Crippen LogP contribution in [-0.2, 0) is 9.47 Å². The Bertz CT molecular complexity index is 125. The van der Waals surface area contributed by atoms with Gasteiger partial charge in [-0.1, -0.05) is 13.3 Å². The molecule has 2 unspecified atom stereocenters. The van der Waals surface area contributed by atoms with Gasteiger partial charge in [0.1, 0.15) is 0 Å². The van der Waals surface area contributed by atoms with Crippen LogP contribution in [0.5, 0.6) is 0 Å². The Morgan fingerprint density at radius 2 is 2.36 bits per heavy atom. The lowest BCUT2D eigenvalue weighted by molar-refractivity contribution is -0.234. The minimum atomic E-state index is -0.605. The summed E-state index contributed by atoms with van der Waals surface area (Å²) in [6.07, 6.45) is 3.16. The summed E-state index contributed by atoms with van der Waals surface area (Å²) < 4.78 is 11.0. The van der Waals surface area contributed by atoms with Crippen molar-refractivity contribution in [1.29, 1.82) is 0 Å². The molecule has 1 aliphatic rings. The Hall–Kier alpha value is 0.270. The molecule has 2 nitrogen and oxygen atoms in total. The van der Waals surface area contributed by atoms with Crippen LogP contribution in [0, 0.1) is 0 Å². The van der Waals surface area contributed by atoms with Gasteiger partial charge >= 0.3 is 0 Å². The standard InChI is InChI=1S/C8H16O2S/c1-3-5-8(11)9-6-4-7(2)10-8/h7,11H,3-6H2,1-2H3. The zero-order valence-corrected chi connectivity index (χ0v) is 8.06. The third-order valence-electron chi connectivity index (χ3n) is 1.80. The molecule has 2 atom stereocenters. The van der Waals surface area contributed by atoms with Crippen molar-refractivity contribution in [2.24, 2.45) is 0 Å². The summed E-state index contributed by atoms with van der Waals surface area (Å²) in [5.74, 6) is 0. The third kappa shape index (κ3) is 2.65. The number of rotatable bonds is 2. The summed E-state index contributed by atoms with van der Waals surface area (Å²) in [4.78, 5) is 0. The van der Waals surface area contributed by atoms with E-state index in [4.69, 9.17) is 9.47 Å². The first kappa shape index (κ1) is 9.36. The predicted octanol–water partition coefficient (Wildman–Crippen LogP) is 2.20. The van der Waals surface area contributed by atoms with Crippen LogP contribution in [0.25, 0.3) is 0 Å². The van der Waals surface area contributed by atoms with Crippen LogP contribution in [0.15, 0.2) is 0 Å². The van der Waals surface area contributed by atoms with Gasteiger partial charge in [-0.15, -0.1) is 12.6 Å². The monoisotopic (exact) mass is 176 g/mol. The van der Waals surface area contributed by atoms with Gasteiger partial charge in [-0.3, -0.25) is 0 Å². The second-order valence-corrected chi connectivity index (χ2v) is 3.71. The molecule has 0 radical (unpaired) electrons. The van der Waals surface area contributed by atoms with Gasteiger partial charge < -0.3 is 9.47 Å². The Morgan fingerprint density at radius 3 is 2.91 bits per heavy atom. The average molecular weight is 176 g/mol. The Kier molecular flexibility index (Phi) is 3.22. The van der Waals surface area contributed by atoms with E-state index in [1.807, 2.05) is 0 Å². The summed E-state index contributed by atoms with van der Waals surface area (Å²) in [5.41, 5.74) is 0. The second-order valence-electron chi connectivity index (χ2n) is 3.03. The molecule has 0 aromatic carbocycles. The van der Waals surface area contributed by atoms with Gasteiger partial charge in [-0.2, -0.15) is 0 Å². The van der Waals surface area contributed by atoms with Crippen LogP contribution in [0.3, 0.4) is 0 Å². The fourth-order valence-electron chi connectivity index (χ4n) is 1.24. The van der Waals surface area contributed by atoms with E-state index < -0.39 is 5.12 Å². The van der Waals surface area contributed by atoms with Crippen LogP contribution in [0.2, 0.25) is 0 Å². The molecule has 0 saturated carbocycles. The van der Waals surface area contributed by atoms with Gasteiger partial charge in [0.2, 0.25) is 5.12 Å². The molecule has 0 spiro atoms. The highest BCUT2D eigenvalue weighted by atomic mass is 32.1. The van der Waals surface area contributed by atoms with Gasteiger partial charge in [0.05, 0.1) is 12.7 Å². The largest absolute Gasteiger partial charge is 0.341 e. The van der Waals surface area contributed by atoms with Crippen LogP contribution >= 0.6 is 12.6 Å². The van der Waals surface area contributed by atoms with Crippen molar-refractivity contribution in [2.75, 3.05) is 6.61 Å². The minimum Gasteiger partial charge on any atom is -0.341 e. The first-order valence-electron chi connectivity index (χ1n) is 4.20. The Balaban J connectivity index is 2.41. The molecule has 1 fully saturated rings. The summed E-state index contributed by atoms with van der Waals surface area (Å²) in [6, 6.07) is 0. The van der Waals surface area contributed by atoms with E-state index in [-0.39, 0.29) is 6.10 Å². The maximum Gasteiger partial charge on any atom is 0.215 e. The highest BCUT2D eigenvalue weighted by molar-refractivity contribution is 7.81. The zero-order valence-electron chi connectivity index (χ0n) is 7.17. The van der Waals surface area contributed by atoms with Crippen molar-refractivity contribution in [3.8, 4) is 0 Å². The van der Waals surface area contributed by atoms with E-state index in [0.29, 0.717) is 0 Å². The van der Waals surface area contributed by atoms with Gasteiger partial charge in [0.15, 0.2) is 0 Å². The zero-order chi connectivity index (χ0) is 8.32. The predicted molar refractivity (Wildman–Crippen MR) is 47.7 cm³/mol. The van der Waals surface area contributed by atoms with Crippen molar-refractivity contribution in [1.82, 2.24) is 0 Å². The molecule has 1 saturated heterocycles. The highest BCUT2D eigenvalue weighted by Crippen LogP contribution is 2.30. The van der Waals surface area contributed by atoms with Gasteiger partial charge in [0.25, 0.3) is 0 Å². The van der Waals surface area contributed by atoms with Crippen LogP contribution < -0.4 is 0 Å². The number of thiol groups is 1. The quantitative estimate of drug-likeness (QED) is 0.650. The molecule has 0 aromatic rings. The molecule has 0 aliphatic carbocycles. The summed E-state index contributed by atoms with van der Waals surface area (Å²) in [7, 11) is 0. The second kappa shape index (κ2) is 3.78. The lowest BCUT2D eigenvalue weighted by Gasteiger charge is -2.36. The van der Waals surface area contributed by atoms with Crippen molar-refractivity contribution in [3.63, 3.8) is 0 Å². The first-order chi connectivity index (χ1) is 5.16. The normalized spacial score (nSPS) is 39.0. The Labute approximate surface area is 73.7 Å². The summed E-state index contributed by atoms with van der Waals surface area (Å²) >= 11 is 4.34. The van der Waals surface area contributed by atoms with Gasteiger partial charge in [0, 0.05) is 6.42 Å². The minimum absolute atomic E-state index is 0.285. The van der Waals surface area contributed by atoms with E-state index >= 15 is 0 Å². The molecule has 1 heterocycles. The van der Waals surface area contributed by atoms with E-state index in [0.717, 1.165) is 25.9 Å². The van der Waals surface area contributed by atoms with Crippen LogP contribution in [-0.4, -0.2) is 17.8 Å². The van der Waals surface area contributed by atoms with E-state index in [9.17, 15) is 0 Å². The molecule has 0 amide bonds. The van der Waals surface area contributed by atoms with E-state index in [2.05, 4.69) is 26.5 Å². The maximum absolute atomic E-state index is 5.56. The highest BCUT2D eigenvalue weighted by Gasteiger charge is 2.32.